The molecule has 5 heteroatoms. The topological polar surface area (TPSA) is 17.1 Å². The molecular weight excluding hydrogens is 241 g/mol. The van der Waals surface area contributed by atoms with Crippen LogP contribution in [0.3, 0.4) is 0 Å². The quantitative estimate of drug-likeness (QED) is 0.793. The minimum absolute atomic E-state index is 0.342. The van der Waals surface area contributed by atoms with Crippen molar-refractivity contribution in [3.8, 4) is 0 Å². The van der Waals surface area contributed by atoms with Gasteiger partial charge in [-0.2, -0.15) is 13.2 Å². The number of carbonyl (C=O) groups excluding carboxylic acids is 1. The zero-order valence-electron chi connectivity index (χ0n) is 8.51. The Morgan fingerprint density at radius 3 is 2.19 bits per heavy atom. The molecule has 0 aliphatic heterocycles. The van der Waals surface area contributed by atoms with E-state index in [1.54, 1.807) is 0 Å². The van der Waals surface area contributed by atoms with Crippen molar-refractivity contribution in [2.75, 3.05) is 0 Å². The Hall–Kier alpha value is -1.03. The van der Waals surface area contributed by atoms with Crippen molar-refractivity contribution in [1.82, 2.24) is 0 Å². The maximum absolute atomic E-state index is 12.3. The minimum Gasteiger partial charge on any atom is -0.299 e. The molecule has 1 aromatic carbocycles. The van der Waals surface area contributed by atoms with Crippen molar-refractivity contribution >= 4 is 17.4 Å². The highest BCUT2D eigenvalue weighted by molar-refractivity contribution is 6.30. The van der Waals surface area contributed by atoms with Gasteiger partial charge in [0.25, 0.3) is 0 Å². The van der Waals surface area contributed by atoms with Crippen LogP contribution in [0.4, 0.5) is 13.2 Å². The summed E-state index contributed by atoms with van der Waals surface area (Å²) < 4.78 is 36.8. The molecule has 0 fully saturated rings. The predicted molar refractivity (Wildman–Crippen MR) is 55.5 cm³/mol. The number of carbonyl (C=O) groups is 1. The normalized spacial score (nSPS) is 13.6. The van der Waals surface area contributed by atoms with Crippen molar-refractivity contribution in [1.29, 1.82) is 0 Å². The fourth-order valence-electron chi connectivity index (χ4n) is 1.42. The van der Waals surface area contributed by atoms with E-state index in [2.05, 4.69) is 0 Å². The first-order valence-electron chi connectivity index (χ1n) is 4.62. The molecule has 0 radical (unpaired) electrons. The van der Waals surface area contributed by atoms with Crippen molar-refractivity contribution in [3.63, 3.8) is 0 Å². The molecule has 0 saturated carbocycles. The Morgan fingerprint density at radius 2 is 1.81 bits per heavy atom. The SMILES string of the molecule is CC(=O)[C@@H](CC(F)(F)F)c1ccc(Cl)cc1. The number of hydrogen-bond acceptors (Lipinski definition) is 1. The second-order valence-electron chi connectivity index (χ2n) is 3.53. The zero-order chi connectivity index (χ0) is 12.3. The summed E-state index contributed by atoms with van der Waals surface area (Å²) in [7, 11) is 0. The van der Waals surface area contributed by atoms with Gasteiger partial charge in [-0.05, 0) is 24.6 Å². The van der Waals surface area contributed by atoms with Gasteiger partial charge in [-0.3, -0.25) is 4.79 Å². The Kier molecular flexibility index (Phi) is 3.97. The molecule has 16 heavy (non-hydrogen) atoms. The molecule has 1 rings (SSSR count). The standard InChI is InChI=1S/C11H10ClF3O/c1-7(16)10(6-11(13,14)15)8-2-4-9(12)5-3-8/h2-5,10H,6H2,1H3/t10-/m1/s1. The third kappa shape index (κ3) is 3.85. The van der Waals surface area contributed by atoms with Gasteiger partial charge in [0.1, 0.15) is 5.78 Å². The molecule has 0 saturated heterocycles. The molecule has 0 amide bonds. The van der Waals surface area contributed by atoms with Gasteiger partial charge >= 0.3 is 6.18 Å². The van der Waals surface area contributed by atoms with Gasteiger partial charge < -0.3 is 0 Å². The molecule has 0 N–H and O–H groups in total. The van der Waals surface area contributed by atoms with Crippen LogP contribution in [0.5, 0.6) is 0 Å². The summed E-state index contributed by atoms with van der Waals surface area (Å²) in [6, 6.07) is 5.84. The summed E-state index contributed by atoms with van der Waals surface area (Å²) in [4.78, 5) is 11.2. The van der Waals surface area contributed by atoms with Gasteiger partial charge in [0.05, 0.1) is 12.3 Å². The number of rotatable bonds is 3. The van der Waals surface area contributed by atoms with Crippen LogP contribution < -0.4 is 0 Å². The van der Waals surface area contributed by atoms with E-state index in [-0.39, 0.29) is 0 Å². The highest BCUT2D eigenvalue weighted by atomic mass is 35.5. The van der Waals surface area contributed by atoms with Gasteiger partial charge in [-0.1, -0.05) is 23.7 Å². The molecule has 0 heterocycles. The molecule has 0 spiro atoms. The van der Waals surface area contributed by atoms with E-state index in [0.717, 1.165) is 6.92 Å². The number of ketones is 1. The summed E-state index contributed by atoms with van der Waals surface area (Å²) in [5.74, 6) is -1.64. The van der Waals surface area contributed by atoms with E-state index in [4.69, 9.17) is 11.6 Å². The number of alkyl halides is 3. The number of Topliss-reactive ketones (excluding diaryl/α,β-unsaturated/α-hetero) is 1. The molecule has 1 atom stereocenters. The number of hydrogen-bond donors (Lipinski definition) is 0. The van der Waals surface area contributed by atoms with Gasteiger partial charge in [0, 0.05) is 5.02 Å². The van der Waals surface area contributed by atoms with E-state index in [9.17, 15) is 18.0 Å². The van der Waals surface area contributed by atoms with Gasteiger partial charge in [-0.25, -0.2) is 0 Å². The summed E-state index contributed by atoms with van der Waals surface area (Å²) in [6.07, 6.45) is -5.49. The van der Waals surface area contributed by atoms with E-state index >= 15 is 0 Å². The van der Waals surface area contributed by atoms with Crippen LogP contribution in [0.25, 0.3) is 0 Å². The average Bonchev–Trinajstić information content (AvgIpc) is 2.14. The molecular formula is C11H10ClF3O. The van der Waals surface area contributed by atoms with E-state index < -0.39 is 24.3 Å². The van der Waals surface area contributed by atoms with E-state index in [0.29, 0.717) is 10.6 Å². The van der Waals surface area contributed by atoms with Gasteiger partial charge in [0.15, 0.2) is 0 Å². The van der Waals surface area contributed by atoms with Crippen LogP contribution in [0.15, 0.2) is 24.3 Å². The lowest BCUT2D eigenvalue weighted by Gasteiger charge is -2.16. The van der Waals surface area contributed by atoms with Crippen LogP contribution in [0.2, 0.25) is 5.02 Å². The zero-order valence-corrected chi connectivity index (χ0v) is 9.27. The summed E-state index contributed by atoms with van der Waals surface area (Å²) >= 11 is 5.62. The molecule has 1 nitrogen and oxygen atoms in total. The molecule has 0 bridgehead atoms. The Labute approximate surface area is 96.2 Å². The van der Waals surface area contributed by atoms with Crippen LogP contribution in [-0.2, 0) is 4.79 Å². The van der Waals surface area contributed by atoms with Gasteiger partial charge in [-0.15, -0.1) is 0 Å². The average molecular weight is 251 g/mol. The monoisotopic (exact) mass is 250 g/mol. The summed E-state index contributed by atoms with van der Waals surface area (Å²) in [5, 5.41) is 0.429. The maximum atomic E-state index is 12.3. The molecule has 1 aromatic rings. The summed E-state index contributed by atoms with van der Waals surface area (Å²) in [5.41, 5.74) is 0.342. The second kappa shape index (κ2) is 4.87. The van der Waals surface area contributed by atoms with E-state index in [1.807, 2.05) is 0 Å². The van der Waals surface area contributed by atoms with Gasteiger partial charge in [0.2, 0.25) is 0 Å². The second-order valence-corrected chi connectivity index (χ2v) is 3.97. The van der Waals surface area contributed by atoms with Crippen LogP contribution >= 0.6 is 11.6 Å². The third-order valence-corrected chi connectivity index (χ3v) is 2.45. The first-order valence-corrected chi connectivity index (χ1v) is 5.00. The molecule has 0 aliphatic carbocycles. The predicted octanol–water partition coefficient (Wildman–Crippen LogP) is 3.97. The fraction of sp³-hybridized carbons (Fsp3) is 0.364. The van der Waals surface area contributed by atoms with Crippen LogP contribution in [0, 0.1) is 0 Å². The Balaban J connectivity index is 2.94. The lowest BCUT2D eigenvalue weighted by molar-refractivity contribution is -0.146. The first-order chi connectivity index (χ1) is 7.29. The molecule has 0 unspecified atom stereocenters. The van der Waals surface area contributed by atoms with Crippen molar-refractivity contribution in [2.24, 2.45) is 0 Å². The first kappa shape index (κ1) is 13.0. The maximum Gasteiger partial charge on any atom is 0.390 e. The molecule has 0 aliphatic rings. The Morgan fingerprint density at radius 1 is 1.31 bits per heavy atom. The minimum atomic E-state index is -4.35. The molecule has 0 aromatic heterocycles. The summed E-state index contributed by atoms with van der Waals surface area (Å²) in [6.45, 7) is 1.16. The number of halogens is 4. The highest BCUT2D eigenvalue weighted by Crippen LogP contribution is 2.32. The van der Waals surface area contributed by atoms with E-state index in [1.165, 1.54) is 24.3 Å². The number of benzene rings is 1. The van der Waals surface area contributed by atoms with Crippen LogP contribution in [-0.4, -0.2) is 12.0 Å². The largest absolute Gasteiger partial charge is 0.390 e. The highest BCUT2D eigenvalue weighted by Gasteiger charge is 2.34. The van der Waals surface area contributed by atoms with Crippen molar-refractivity contribution < 1.29 is 18.0 Å². The fourth-order valence-corrected chi connectivity index (χ4v) is 1.55. The Bertz CT molecular complexity index is 370. The lowest BCUT2D eigenvalue weighted by Crippen LogP contribution is -2.19. The van der Waals surface area contributed by atoms with Crippen LogP contribution in [0.1, 0.15) is 24.8 Å². The third-order valence-electron chi connectivity index (χ3n) is 2.20. The smallest absolute Gasteiger partial charge is 0.299 e. The van der Waals surface area contributed by atoms with Crippen molar-refractivity contribution in [3.05, 3.63) is 34.9 Å². The van der Waals surface area contributed by atoms with Crippen molar-refractivity contribution in [2.45, 2.75) is 25.4 Å². The lowest BCUT2D eigenvalue weighted by atomic mass is 9.92. The molecule has 88 valence electrons.